The first-order chi connectivity index (χ1) is 8.20. The average molecular weight is 230 g/mol. The zero-order valence-corrected chi connectivity index (χ0v) is 10.9. The summed E-state index contributed by atoms with van der Waals surface area (Å²) < 4.78 is 0. The fourth-order valence-electron chi connectivity index (χ4n) is 1.04. The number of benzene rings is 2. The SMILES string of the molecule is CC.Cc1ccccc1N.Nc1ccccc1. The van der Waals surface area contributed by atoms with E-state index in [0.29, 0.717) is 0 Å². The van der Waals surface area contributed by atoms with Crippen LogP contribution >= 0.6 is 0 Å². The van der Waals surface area contributed by atoms with Gasteiger partial charge in [0, 0.05) is 11.4 Å². The molecule has 2 heteroatoms. The Morgan fingerprint density at radius 3 is 1.47 bits per heavy atom. The minimum atomic E-state index is 0.822. The second-order valence-electron chi connectivity index (χ2n) is 3.27. The van der Waals surface area contributed by atoms with Gasteiger partial charge >= 0.3 is 0 Å². The minimum absolute atomic E-state index is 0.822. The molecule has 0 radical (unpaired) electrons. The van der Waals surface area contributed by atoms with Crippen molar-refractivity contribution in [2.45, 2.75) is 20.8 Å². The first-order valence-corrected chi connectivity index (χ1v) is 5.82. The maximum atomic E-state index is 5.52. The molecule has 2 aromatic carbocycles. The molecule has 0 unspecified atom stereocenters. The van der Waals surface area contributed by atoms with E-state index in [1.165, 1.54) is 0 Å². The standard InChI is InChI=1S/C7H9N.C6H7N.C2H6/c1-6-4-2-3-5-7(6)8;7-6-4-2-1-3-5-6;1-2/h2-5H,8H2,1H3;1-5H,7H2;1-2H3. The highest BCUT2D eigenvalue weighted by atomic mass is 14.5. The number of aryl methyl sites for hydroxylation is 1. The summed E-state index contributed by atoms with van der Waals surface area (Å²) in [5.41, 5.74) is 13.7. The van der Waals surface area contributed by atoms with E-state index in [0.717, 1.165) is 16.9 Å². The Morgan fingerprint density at radius 2 is 1.18 bits per heavy atom. The van der Waals surface area contributed by atoms with Crippen molar-refractivity contribution in [3.05, 3.63) is 60.2 Å². The van der Waals surface area contributed by atoms with E-state index in [1.807, 2.05) is 75.4 Å². The Labute approximate surface area is 104 Å². The smallest absolute Gasteiger partial charge is 0.0343 e. The molecule has 0 saturated heterocycles. The zero-order valence-electron chi connectivity index (χ0n) is 10.9. The molecular weight excluding hydrogens is 208 g/mol. The molecule has 2 aromatic rings. The van der Waals surface area contributed by atoms with Crippen LogP contribution in [0.2, 0.25) is 0 Å². The van der Waals surface area contributed by atoms with Gasteiger partial charge in [-0.15, -0.1) is 0 Å². The van der Waals surface area contributed by atoms with Gasteiger partial charge < -0.3 is 11.5 Å². The van der Waals surface area contributed by atoms with Crippen molar-refractivity contribution in [2.75, 3.05) is 11.5 Å². The predicted octanol–water partition coefficient (Wildman–Crippen LogP) is 3.87. The van der Waals surface area contributed by atoms with Crippen LogP contribution in [0, 0.1) is 6.92 Å². The molecule has 92 valence electrons. The Bertz CT molecular complexity index is 376. The van der Waals surface area contributed by atoms with Crippen molar-refractivity contribution < 1.29 is 0 Å². The van der Waals surface area contributed by atoms with Gasteiger partial charge in [0.15, 0.2) is 0 Å². The van der Waals surface area contributed by atoms with Gasteiger partial charge in [0.05, 0.1) is 0 Å². The largest absolute Gasteiger partial charge is 0.399 e. The minimum Gasteiger partial charge on any atom is -0.399 e. The monoisotopic (exact) mass is 230 g/mol. The zero-order chi connectivity index (χ0) is 13.1. The molecule has 4 N–H and O–H groups in total. The van der Waals surface area contributed by atoms with Gasteiger partial charge in [-0.3, -0.25) is 0 Å². The first kappa shape index (κ1) is 15.0. The third kappa shape index (κ3) is 7.01. The van der Waals surface area contributed by atoms with Crippen molar-refractivity contribution in [3.8, 4) is 0 Å². The van der Waals surface area contributed by atoms with Crippen LogP contribution in [0.25, 0.3) is 0 Å². The van der Waals surface area contributed by atoms with Crippen LogP contribution in [0.15, 0.2) is 54.6 Å². The van der Waals surface area contributed by atoms with Crippen LogP contribution in [0.3, 0.4) is 0 Å². The van der Waals surface area contributed by atoms with Gasteiger partial charge in [0.2, 0.25) is 0 Å². The topological polar surface area (TPSA) is 52.0 Å². The molecule has 0 atom stereocenters. The molecule has 0 saturated carbocycles. The van der Waals surface area contributed by atoms with Gasteiger partial charge in [0.25, 0.3) is 0 Å². The fourth-order valence-corrected chi connectivity index (χ4v) is 1.04. The van der Waals surface area contributed by atoms with Crippen molar-refractivity contribution in [1.29, 1.82) is 0 Å². The van der Waals surface area contributed by atoms with Crippen molar-refractivity contribution in [3.63, 3.8) is 0 Å². The number of rotatable bonds is 0. The van der Waals surface area contributed by atoms with Gasteiger partial charge in [-0.1, -0.05) is 50.2 Å². The Kier molecular flexibility index (Phi) is 8.21. The third-order valence-electron chi connectivity index (χ3n) is 1.99. The molecule has 0 aliphatic heterocycles. The van der Waals surface area contributed by atoms with Crippen LogP contribution < -0.4 is 11.5 Å². The summed E-state index contributed by atoms with van der Waals surface area (Å²) in [6.45, 7) is 6.00. The summed E-state index contributed by atoms with van der Waals surface area (Å²) in [5, 5.41) is 0. The van der Waals surface area contributed by atoms with E-state index < -0.39 is 0 Å². The predicted molar refractivity (Wildman–Crippen MR) is 77.8 cm³/mol. The molecular formula is C15H22N2. The molecule has 0 aliphatic rings. The van der Waals surface area contributed by atoms with E-state index in [4.69, 9.17) is 11.5 Å². The quantitative estimate of drug-likeness (QED) is 0.675. The van der Waals surface area contributed by atoms with E-state index >= 15 is 0 Å². The lowest BCUT2D eigenvalue weighted by Gasteiger charge is -1.93. The normalized spacial score (nSPS) is 8.18. The summed E-state index contributed by atoms with van der Waals surface area (Å²) in [6, 6.07) is 17.3. The lowest BCUT2D eigenvalue weighted by atomic mass is 10.2. The van der Waals surface area contributed by atoms with Crippen molar-refractivity contribution in [1.82, 2.24) is 0 Å². The number of nitrogen functional groups attached to an aromatic ring is 2. The fraction of sp³-hybridized carbons (Fsp3) is 0.200. The lowest BCUT2D eigenvalue weighted by Crippen LogP contribution is -1.85. The van der Waals surface area contributed by atoms with E-state index in [2.05, 4.69) is 0 Å². The highest BCUT2D eigenvalue weighted by Gasteiger charge is 1.84. The van der Waals surface area contributed by atoms with Crippen LogP contribution in [0.5, 0.6) is 0 Å². The van der Waals surface area contributed by atoms with Gasteiger partial charge in [-0.2, -0.15) is 0 Å². The van der Waals surface area contributed by atoms with Crippen LogP contribution in [0.1, 0.15) is 19.4 Å². The molecule has 0 spiro atoms. The molecule has 2 rings (SSSR count). The second kappa shape index (κ2) is 9.28. The number of nitrogens with two attached hydrogens (primary N) is 2. The Morgan fingerprint density at radius 1 is 0.706 bits per heavy atom. The highest BCUT2D eigenvalue weighted by molar-refractivity contribution is 5.44. The summed E-state index contributed by atoms with van der Waals surface area (Å²) in [4.78, 5) is 0. The molecule has 0 fully saturated rings. The van der Waals surface area contributed by atoms with E-state index in [-0.39, 0.29) is 0 Å². The maximum Gasteiger partial charge on any atom is 0.0343 e. The van der Waals surface area contributed by atoms with Gasteiger partial charge in [-0.25, -0.2) is 0 Å². The lowest BCUT2D eigenvalue weighted by molar-refractivity contribution is 1.47. The number of anilines is 2. The average Bonchev–Trinajstić information content (AvgIpc) is 2.37. The van der Waals surface area contributed by atoms with Crippen molar-refractivity contribution in [2.24, 2.45) is 0 Å². The molecule has 0 amide bonds. The third-order valence-corrected chi connectivity index (χ3v) is 1.99. The molecule has 0 bridgehead atoms. The van der Waals surface area contributed by atoms with Crippen LogP contribution in [0.4, 0.5) is 11.4 Å². The molecule has 0 aliphatic carbocycles. The molecule has 17 heavy (non-hydrogen) atoms. The van der Waals surface area contributed by atoms with E-state index in [9.17, 15) is 0 Å². The molecule has 2 nitrogen and oxygen atoms in total. The summed E-state index contributed by atoms with van der Waals surface area (Å²) in [7, 11) is 0. The summed E-state index contributed by atoms with van der Waals surface area (Å²) in [6.07, 6.45) is 0. The maximum absolute atomic E-state index is 5.52. The Hall–Kier alpha value is -1.96. The number of para-hydroxylation sites is 2. The van der Waals surface area contributed by atoms with Gasteiger partial charge in [-0.05, 0) is 30.7 Å². The van der Waals surface area contributed by atoms with Gasteiger partial charge in [0.1, 0.15) is 0 Å². The Balaban J connectivity index is 0.000000265. The summed E-state index contributed by atoms with van der Waals surface area (Å²) in [5.74, 6) is 0. The molecule has 0 aromatic heterocycles. The molecule has 0 heterocycles. The first-order valence-electron chi connectivity index (χ1n) is 5.82. The number of hydrogen-bond acceptors (Lipinski definition) is 2. The second-order valence-corrected chi connectivity index (χ2v) is 3.27. The summed E-state index contributed by atoms with van der Waals surface area (Å²) >= 11 is 0. The van der Waals surface area contributed by atoms with Crippen molar-refractivity contribution >= 4 is 11.4 Å². The van der Waals surface area contributed by atoms with Crippen LogP contribution in [-0.2, 0) is 0 Å². The van der Waals surface area contributed by atoms with Crippen LogP contribution in [-0.4, -0.2) is 0 Å². The van der Waals surface area contributed by atoms with E-state index in [1.54, 1.807) is 0 Å². The number of hydrogen-bond donors (Lipinski definition) is 2. The highest BCUT2D eigenvalue weighted by Crippen LogP contribution is 2.06.